The van der Waals surface area contributed by atoms with Crippen molar-refractivity contribution in [1.82, 2.24) is 16.0 Å². The molecule has 0 aliphatic heterocycles. The molecule has 0 atom stereocenters. The SMILES string of the molecule is CCCC(O)(CCC)CNC(=NCc1ccc(C(=O)NCC(N)=O)cc1)NCC. The first-order valence-electron chi connectivity index (χ1n) is 10.2. The molecular formula is C21H35N5O3. The van der Waals surface area contributed by atoms with Crippen molar-refractivity contribution in [3.63, 3.8) is 0 Å². The van der Waals surface area contributed by atoms with Gasteiger partial charge in [0.05, 0.1) is 18.7 Å². The van der Waals surface area contributed by atoms with Gasteiger partial charge in [-0.3, -0.25) is 9.59 Å². The van der Waals surface area contributed by atoms with Crippen LogP contribution in [0.4, 0.5) is 0 Å². The molecule has 8 heteroatoms. The summed E-state index contributed by atoms with van der Waals surface area (Å²) in [6, 6.07) is 7.00. The first-order chi connectivity index (χ1) is 13.8. The zero-order valence-electron chi connectivity index (χ0n) is 17.8. The van der Waals surface area contributed by atoms with Crippen molar-refractivity contribution in [3.05, 3.63) is 35.4 Å². The van der Waals surface area contributed by atoms with Gasteiger partial charge in [-0.25, -0.2) is 4.99 Å². The Balaban J connectivity index is 2.70. The molecule has 6 N–H and O–H groups in total. The van der Waals surface area contributed by atoms with Crippen molar-refractivity contribution < 1.29 is 14.7 Å². The molecule has 162 valence electrons. The maximum absolute atomic E-state index is 11.9. The number of nitrogens with one attached hydrogen (secondary N) is 3. The van der Waals surface area contributed by atoms with E-state index in [4.69, 9.17) is 5.73 Å². The molecule has 0 aliphatic carbocycles. The van der Waals surface area contributed by atoms with Crippen LogP contribution in [0, 0.1) is 0 Å². The summed E-state index contributed by atoms with van der Waals surface area (Å²) >= 11 is 0. The summed E-state index contributed by atoms with van der Waals surface area (Å²) in [7, 11) is 0. The molecule has 0 spiro atoms. The zero-order chi connectivity index (χ0) is 21.7. The van der Waals surface area contributed by atoms with Crippen LogP contribution < -0.4 is 21.7 Å². The van der Waals surface area contributed by atoms with Crippen LogP contribution in [0.1, 0.15) is 62.4 Å². The molecule has 0 fully saturated rings. The van der Waals surface area contributed by atoms with Crippen molar-refractivity contribution in [2.75, 3.05) is 19.6 Å². The van der Waals surface area contributed by atoms with Crippen molar-refractivity contribution >= 4 is 17.8 Å². The number of guanidine groups is 1. The Labute approximate surface area is 173 Å². The molecule has 0 saturated heterocycles. The quantitative estimate of drug-likeness (QED) is 0.264. The number of rotatable bonds is 12. The van der Waals surface area contributed by atoms with E-state index in [1.54, 1.807) is 12.1 Å². The molecule has 0 bridgehead atoms. The van der Waals surface area contributed by atoms with Gasteiger partial charge in [0.25, 0.3) is 5.91 Å². The maximum atomic E-state index is 11.9. The minimum Gasteiger partial charge on any atom is -0.388 e. The lowest BCUT2D eigenvalue weighted by Gasteiger charge is -2.28. The summed E-state index contributed by atoms with van der Waals surface area (Å²) in [5.41, 5.74) is 5.68. The Morgan fingerprint density at radius 2 is 1.66 bits per heavy atom. The fraction of sp³-hybridized carbons (Fsp3) is 0.571. The van der Waals surface area contributed by atoms with E-state index in [9.17, 15) is 14.7 Å². The van der Waals surface area contributed by atoms with Gasteiger partial charge >= 0.3 is 0 Å². The highest BCUT2D eigenvalue weighted by Crippen LogP contribution is 2.18. The molecule has 1 rings (SSSR count). The van der Waals surface area contributed by atoms with Crippen LogP contribution in [-0.4, -0.2) is 48.1 Å². The van der Waals surface area contributed by atoms with E-state index >= 15 is 0 Å². The van der Waals surface area contributed by atoms with E-state index in [0.717, 1.165) is 31.2 Å². The summed E-state index contributed by atoms with van der Waals surface area (Å²) in [5, 5.41) is 19.6. The third-order valence-electron chi connectivity index (χ3n) is 4.42. The molecule has 1 aromatic rings. The maximum Gasteiger partial charge on any atom is 0.251 e. The van der Waals surface area contributed by atoms with Crippen molar-refractivity contribution in [2.24, 2.45) is 10.7 Å². The van der Waals surface area contributed by atoms with Crippen LogP contribution in [0.2, 0.25) is 0 Å². The van der Waals surface area contributed by atoms with Crippen LogP contribution in [0.15, 0.2) is 29.3 Å². The van der Waals surface area contributed by atoms with Crippen LogP contribution in [0.5, 0.6) is 0 Å². The minimum atomic E-state index is -0.736. The number of benzene rings is 1. The van der Waals surface area contributed by atoms with E-state index in [0.29, 0.717) is 31.2 Å². The fourth-order valence-corrected chi connectivity index (χ4v) is 3.02. The molecule has 8 nitrogen and oxygen atoms in total. The summed E-state index contributed by atoms with van der Waals surface area (Å²) in [5.74, 6) is -0.293. The van der Waals surface area contributed by atoms with Gasteiger partial charge in [0.15, 0.2) is 5.96 Å². The Morgan fingerprint density at radius 1 is 1.03 bits per heavy atom. The van der Waals surface area contributed by atoms with Gasteiger partial charge < -0.3 is 26.8 Å². The van der Waals surface area contributed by atoms with E-state index in [-0.39, 0.29) is 12.5 Å². The van der Waals surface area contributed by atoms with Crippen molar-refractivity contribution in [3.8, 4) is 0 Å². The average molecular weight is 406 g/mol. The van der Waals surface area contributed by atoms with Crippen LogP contribution in [0.25, 0.3) is 0 Å². The molecule has 2 amide bonds. The van der Waals surface area contributed by atoms with E-state index in [1.807, 2.05) is 19.1 Å². The zero-order valence-corrected chi connectivity index (χ0v) is 17.8. The highest BCUT2D eigenvalue weighted by Gasteiger charge is 2.24. The number of nitrogens with two attached hydrogens (primary N) is 1. The smallest absolute Gasteiger partial charge is 0.251 e. The normalized spacial score (nSPS) is 11.8. The standard InChI is InChI=1S/C21H35N5O3/c1-4-11-21(29,12-5-2)15-26-20(23-6-3)25-13-16-7-9-17(10-8-16)19(28)24-14-18(22)27/h7-10,29H,4-6,11-15H2,1-3H3,(H2,22,27)(H,24,28)(H2,23,25,26). The molecule has 0 radical (unpaired) electrons. The number of aliphatic hydroxyl groups is 1. The van der Waals surface area contributed by atoms with Gasteiger partial charge in [0.1, 0.15) is 0 Å². The number of aliphatic imine (C=N–C) groups is 1. The molecular weight excluding hydrogens is 370 g/mol. The van der Waals surface area contributed by atoms with Crippen molar-refractivity contribution in [1.29, 1.82) is 0 Å². The van der Waals surface area contributed by atoms with Gasteiger partial charge in [-0.05, 0) is 37.5 Å². The molecule has 0 aliphatic rings. The summed E-state index contributed by atoms with van der Waals surface area (Å²) in [6.07, 6.45) is 3.33. The molecule has 1 aromatic carbocycles. The van der Waals surface area contributed by atoms with Gasteiger partial charge in [0.2, 0.25) is 5.91 Å². The molecule has 0 unspecified atom stereocenters. The fourth-order valence-electron chi connectivity index (χ4n) is 3.02. The number of hydrogen-bond donors (Lipinski definition) is 5. The number of carbonyl (C=O) groups excluding carboxylic acids is 2. The summed E-state index contributed by atoms with van der Waals surface area (Å²) in [4.78, 5) is 27.2. The second-order valence-corrected chi connectivity index (χ2v) is 7.12. The van der Waals surface area contributed by atoms with E-state index < -0.39 is 11.5 Å². The van der Waals surface area contributed by atoms with Gasteiger partial charge in [-0.2, -0.15) is 0 Å². The van der Waals surface area contributed by atoms with Crippen LogP contribution >= 0.6 is 0 Å². The lowest BCUT2D eigenvalue weighted by Crippen LogP contribution is -2.47. The van der Waals surface area contributed by atoms with Gasteiger partial charge in [-0.1, -0.05) is 38.8 Å². The number of amides is 2. The van der Waals surface area contributed by atoms with Crippen LogP contribution in [0.3, 0.4) is 0 Å². The van der Waals surface area contributed by atoms with Crippen LogP contribution in [-0.2, 0) is 11.3 Å². The average Bonchev–Trinajstić information content (AvgIpc) is 2.69. The minimum absolute atomic E-state index is 0.189. The van der Waals surface area contributed by atoms with Crippen molar-refractivity contribution in [2.45, 2.75) is 58.6 Å². The Kier molecular flexibility index (Phi) is 10.8. The largest absolute Gasteiger partial charge is 0.388 e. The lowest BCUT2D eigenvalue weighted by molar-refractivity contribution is -0.117. The monoisotopic (exact) mass is 405 g/mol. The van der Waals surface area contributed by atoms with E-state index in [1.165, 1.54) is 0 Å². The highest BCUT2D eigenvalue weighted by molar-refractivity contribution is 5.96. The Morgan fingerprint density at radius 3 is 2.17 bits per heavy atom. The predicted molar refractivity (Wildman–Crippen MR) is 116 cm³/mol. The summed E-state index contributed by atoms with van der Waals surface area (Å²) < 4.78 is 0. The first kappa shape index (κ1) is 24.4. The number of carbonyl (C=O) groups is 2. The lowest BCUT2D eigenvalue weighted by atomic mass is 9.93. The van der Waals surface area contributed by atoms with Gasteiger partial charge in [-0.15, -0.1) is 0 Å². The first-order valence-corrected chi connectivity index (χ1v) is 10.2. The van der Waals surface area contributed by atoms with E-state index in [2.05, 4.69) is 34.8 Å². The summed E-state index contributed by atoms with van der Waals surface area (Å²) in [6.45, 7) is 7.52. The third kappa shape index (κ3) is 9.43. The highest BCUT2D eigenvalue weighted by atomic mass is 16.3. The second kappa shape index (κ2) is 12.8. The number of hydrogen-bond acceptors (Lipinski definition) is 4. The molecule has 29 heavy (non-hydrogen) atoms. The van der Waals surface area contributed by atoms with Gasteiger partial charge in [0, 0.05) is 18.7 Å². The molecule has 0 heterocycles. The number of nitrogens with zero attached hydrogens (tertiary/aromatic N) is 1. The molecule has 0 saturated carbocycles. The Bertz CT molecular complexity index is 667. The number of primary amides is 1. The topological polar surface area (TPSA) is 129 Å². The predicted octanol–water partition coefficient (Wildman–Crippen LogP) is 1.29. The molecule has 0 aromatic heterocycles. The Hall–Kier alpha value is -2.61. The third-order valence-corrected chi connectivity index (χ3v) is 4.42. The second-order valence-electron chi connectivity index (χ2n) is 7.12.